The molecule has 0 bridgehead atoms. The molecular weight excluding hydrogens is 296 g/mol. The van der Waals surface area contributed by atoms with Gasteiger partial charge in [0.15, 0.2) is 0 Å². The molecule has 1 aliphatic heterocycles. The maximum absolute atomic E-state index is 5.32. The monoisotopic (exact) mass is 324 g/mol. The van der Waals surface area contributed by atoms with Gasteiger partial charge in [-0.2, -0.15) is 0 Å². The van der Waals surface area contributed by atoms with Crippen molar-refractivity contribution in [3.05, 3.63) is 59.2 Å². The number of benzene rings is 2. The second kappa shape index (κ2) is 7.71. The summed E-state index contributed by atoms with van der Waals surface area (Å²) in [5, 5.41) is 3.72. The molecule has 1 heterocycles. The van der Waals surface area contributed by atoms with Crippen LogP contribution in [0.5, 0.6) is 5.75 Å². The van der Waals surface area contributed by atoms with Gasteiger partial charge in [0.25, 0.3) is 0 Å². The summed E-state index contributed by atoms with van der Waals surface area (Å²) >= 11 is 0. The summed E-state index contributed by atoms with van der Waals surface area (Å²) in [7, 11) is 1.73. The van der Waals surface area contributed by atoms with E-state index in [0.717, 1.165) is 25.4 Å². The fourth-order valence-corrected chi connectivity index (χ4v) is 3.56. The molecule has 0 aliphatic carbocycles. The normalized spacial score (nSPS) is 16.1. The molecule has 0 unspecified atom stereocenters. The first-order valence-corrected chi connectivity index (χ1v) is 8.82. The van der Waals surface area contributed by atoms with E-state index in [2.05, 4.69) is 60.5 Å². The van der Waals surface area contributed by atoms with E-state index in [1.54, 1.807) is 7.11 Å². The molecule has 3 heteroatoms. The van der Waals surface area contributed by atoms with E-state index >= 15 is 0 Å². The zero-order valence-corrected chi connectivity index (χ0v) is 15.0. The maximum Gasteiger partial charge on any atom is 0.119 e. The van der Waals surface area contributed by atoms with Gasteiger partial charge in [0.2, 0.25) is 0 Å². The first kappa shape index (κ1) is 16.8. The Bertz CT molecular complexity index is 655. The van der Waals surface area contributed by atoms with Crippen molar-refractivity contribution in [2.24, 2.45) is 0 Å². The summed E-state index contributed by atoms with van der Waals surface area (Å²) in [6.07, 6.45) is 2.38. The molecule has 0 radical (unpaired) electrons. The number of ether oxygens (including phenoxy) is 1. The van der Waals surface area contributed by atoms with Crippen LogP contribution in [0, 0.1) is 13.8 Å². The van der Waals surface area contributed by atoms with Crippen molar-refractivity contribution >= 4 is 5.69 Å². The molecule has 2 aromatic rings. The smallest absolute Gasteiger partial charge is 0.119 e. The number of methoxy groups -OCH3 is 1. The molecule has 0 amide bonds. The van der Waals surface area contributed by atoms with Crippen LogP contribution >= 0.6 is 0 Å². The van der Waals surface area contributed by atoms with Gasteiger partial charge in [0.05, 0.1) is 7.11 Å². The molecule has 128 valence electrons. The molecule has 1 fully saturated rings. The Balaban J connectivity index is 1.52. The minimum atomic E-state index is 0.577. The van der Waals surface area contributed by atoms with Crippen LogP contribution in [0.25, 0.3) is 0 Å². The molecular formula is C21H28N2O. The number of aryl methyl sites for hydroxylation is 2. The number of piperidine rings is 1. The fraction of sp³-hybridized carbons (Fsp3) is 0.429. The van der Waals surface area contributed by atoms with Gasteiger partial charge in [-0.1, -0.05) is 18.2 Å². The number of nitrogens with one attached hydrogen (secondary N) is 1. The SMILES string of the molecule is COc1cccc(CN2CCC(Nc3cc(C)cc(C)c3)CC2)c1. The zero-order chi connectivity index (χ0) is 16.9. The van der Waals surface area contributed by atoms with Crippen LogP contribution in [0.1, 0.15) is 29.5 Å². The molecule has 0 atom stereocenters. The fourth-order valence-electron chi connectivity index (χ4n) is 3.56. The summed E-state index contributed by atoms with van der Waals surface area (Å²) in [5.74, 6) is 0.943. The molecule has 3 nitrogen and oxygen atoms in total. The van der Waals surface area contributed by atoms with Crippen molar-refractivity contribution in [3.63, 3.8) is 0 Å². The van der Waals surface area contributed by atoms with Crippen molar-refractivity contribution in [1.82, 2.24) is 4.90 Å². The van der Waals surface area contributed by atoms with Crippen molar-refractivity contribution in [2.45, 2.75) is 39.3 Å². The maximum atomic E-state index is 5.32. The number of rotatable bonds is 5. The van der Waals surface area contributed by atoms with Crippen LogP contribution < -0.4 is 10.1 Å². The van der Waals surface area contributed by atoms with Crippen LogP contribution in [0.3, 0.4) is 0 Å². The minimum absolute atomic E-state index is 0.577. The predicted molar refractivity (Wildman–Crippen MR) is 101 cm³/mol. The first-order chi connectivity index (χ1) is 11.6. The summed E-state index contributed by atoms with van der Waals surface area (Å²) in [5.41, 5.74) is 5.25. The number of anilines is 1. The Morgan fingerprint density at radius 2 is 1.75 bits per heavy atom. The van der Waals surface area contributed by atoms with E-state index in [0.29, 0.717) is 6.04 Å². The topological polar surface area (TPSA) is 24.5 Å². The number of hydrogen-bond donors (Lipinski definition) is 1. The van der Waals surface area contributed by atoms with Gasteiger partial charge in [-0.3, -0.25) is 4.90 Å². The van der Waals surface area contributed by atoms with Gasteiger partial charge in [-0.25, -0.2) is 0 Å². The quantitative estimate of drug-likeness (QED) is 0.883. The highest BCUT2D eigenvalue weighted by Crippen LogP contribution is 2.21. The lowest BCUT2D eigenvalue weighted by Crippen LogP contribution is -2.38. The van der Waals surface area contributed by atoms with Gasteiger partial charge in [-0.05, 0) is 67.6 Å². The second-order valence-electron chi connectivity index (χ2n) is 6.92. The lowest BCUT2D eigenvalue weighted by molar-refractivity contribution is 0.211. The Kier molecular flexibility index (Phi) is 5.41. The summed E-state index contributed by atoms with van der Waals surface area (Å²) in [4.78, 5) is 2.54. The van der Waals surface area contributed by atoms with Crippen LogP contribution in [-0.2, 0) is 6.54 Å². The highest BCUT2D eigenvalue weighted by Gasteiger charge is 2.19. The average Bonchev–Trinajstić information content (AvgIpc) is 2.56. The summed E-state index contributed by atoms with van der Waals surface area (Å²) in [6.45, 7) is 7.61. The van der Waals surface area contributed by atoms with Crippen molar-refractivity contribution in [3.8, 4) is 5.75 Å². The average molecular weight is 324 g/mol. The van der Waals surface area contributed by atoms with Gasteiger partial charge in [0.1, 0.15) is 5.75 Å². The van der Waals surface area contributed by atoms with Crippen LogP contribution in [0.4, 0.5) is 5.69 Å². The number of nitrogens with zero attached hydrogens (tertiary/aromatic N) is 1. The van der Waals surface area contributed by atoms with Gasteiger partial charge in [0, 0.05) is 31.4 Å². The van der Waals surface area contributed by atoms with E-state index in [-0.39, 0.29) is 0 Å². The largest absolute Gasteiger partial charge is 0.497 e. The first-order valence-electron chi connectivity index (χ1n) is 8.82. The van der Waals surface area contributed by atoms with Crippen molar-refractivity contribution in [1.29, 1.82) is 0 Å². The molecule has 0 saturated carbocycles. The number of likely N-dealkylation sites (tertiary alicyclic amines) is 1. The lowest BCUT2D eigenvalue weighted by Gasteiger charge is -2.33. The Hall–Kier alpha value is -2.00. The Morgan fingerprint density at radius 1 is 1.04 bits per heavy atom. The second-order valence-corrected chi connectivity index (χ2v) is 6.92. The van der Waals surface area contributed by atoms with Crippen LogP contribution in [-0.4, -0.2) is 31.1 Å². The van der Waals surface area contributed by atoms with Crippen molar-refractivity contribution < 1.29 is 4.74 Å². The van der Waals surface area contributed by atoms with Crippen LogP contribution in [0.15, 0.2) is 42.5 Å². The minimum Gasteiger partial charge on any atom is -0.497 e. The third-order valence-electron chi connectivity index (χ3n) is 4.72. The summed E-state index contributed by atoms with van der Waals surface area (Å²) in [6, 6.07) is 15.7. The van der Waals surface area contributed by atoms with E-state index in [9.17, 15) is 0 Å². The molecule has 2 aromatic carbocycles. The van der Waals surface area contributed by atoms with Gasteiger partial charge < -0.3 is 10.1 Å². The third kappa shape index (κ3) is 4.51. The Labute approximate surface area is 145 Å². The highest BCUT2D eigenvalue weighted by molar-refractivity contribution is 5.49. The van der Waals surface area contributed by atoms with Crippen molar-refractivity contribution in [2.75, 3.05) is 25.5 Å². The predicted octanol–water partition coefficient (Wildman–Crippen LogP) is 4.39. The van der Waals surface area contributed by atoms with Gasteiger partial charge >= 0.3 is 0 Å². The standard InChI is InChI=1S/C21H28N2O/c1-16-11-17(2)13-20(12-16)22-19-7-9-23(10-8-19)15-18-5-4-6-21(14-18)24-3/h4-6,11-14,19,22H,7-10,15H2,1-3H3. The molecule has 0 spiro atoms. The molecule has 1 N–H and O–H groups in total. The molecule has 1 aliphatic rings. The van der Waals surface area contributed by atoms with Gasteiger partial charge in [-0.15, -0.1) is 0 Å². The molecule has 24 heavy (non-hydrogen) atoms. The number of hydrogen-bond acceptors (Lipinski definition) is 3. The highest BCUT2D eigenvalue weighted by atomic mass is 16.5. The van der Waals surface area contributed by atoms with Crippen LogP contribution in [0.2, 0.25) is 0 Å². The molecule has 3 rings (SSSR count). The van der Waals surface area contributed by atoms with E-state index < -0.39 is 0 Å². The van der Waals surface area contributed by atoms with E-state index in [1.807, 2.05) is 6.07 Å². The zero-order valence-electron chi connectivity index (χ0n) is 15.0. The summed E-state index contributed by atoms with van der Waals surface area (Å²) < 4.78 is 5.32. The Morgan fingerprint density at radius 3 is 2.42 bits per heavy atom. The van der Waals surface area contributed by atoms with E-state index in [1.165, 1.54) is 35.2 Å². The molecule has 0 aromatic heterocycles. The lowest BCUT2D eigenvalue weighted by atomic mass is 10.0. The third-order valence-corrected chi connectivity index (χ3v) is 4.72. The van der Waals surface area contributed by atoms with E-state index in [4.69, 9.17) is 4.74 Å². The molecule has 1 saturated heterocycles.